The summed E-state index contributed by atoms with van der Waals surface area (Å²) in [6, 6.07) is 15.3. The molecule has 8 heteroatoms. The first-order valence-electron chi connectivity index (χ1n) is 9.24. The van der Waals surface area contributed by atoms with Crippen LogP contribution in [0.15, 0.2) is 58.0 Å². The van der Waals surface area contributed by atoms with Gasteiger partial charge in [0.15, 0.2) is 17.5 Å². The molecule has 3 rings (SSSR count). The predicted octanol–water partition coefficient (Wildman–Crippen LogP) is 2.96. The van der Waals surface area contributed by atoms with E-state index in [2.05, 4.69) is 20.4 Å². The second-order valence-electron chi connectivity index (χ2n) is 6.49. The summed E-state index contributed by atoms with van der Waals surface area (Å²) >= 11 is 0. The average Bonchev–Trinajstić information content (AvgIpc) is 3.27. The Kier molecular flexibility index (Phi) is 6.67. The molecular weight excluding hydrogens is 370 g/mol. The van der Waals surface area contributed by atoms with Gasteiger partial charge in [-0.15, -0.1) is 0 Å². The van der Waals surface area contributed by atoms with Gasteiger partial charge in [0, 0.05) is 12.1 Å². The van der Waals surface area contributed by atoms with E-state index in [1.54, 1.807) is 14.2 Å². The Morgan fingerprint density at radius 3 is 2.62 bits per heavy atom. The van der Waals surface area contributed by atoms with E-state index < -0.39 is 0 Å². The molecule has 0 aliphatic carbocycles. The second-order valence-corrected chi connectivity index (χ2v) is 6.49. The summed E-state index contributed by atoms with van der Waals surface area (Å²) in [5, 5.41) is 7.14. The fourth-order valence-electron chi connectivity index (χ4n) is 2.70. The number of nitrogens with zero attached hydrogens (tertiary/aromatic N) is 3. The monoisotopic (exact) mass is 395 g/mol. The molecule has 29 heavy (non-hydrogen) atoms. The van der Waals surface area contributed by atoms with Gasteiger partial charge in [0.2, 0.25) is 11.7 Å². The van der Waals surface area contributed by atoms with Crippen molar-refractivity contribution in [3.05, 3.63) is 60.0 Å². The molecule has 1 unspecified atom stereocenters. The number of benzene rings is 2. The van der Waals surface area contributed by atoms with E-state index >= 15 is 0 Å². The fraction of sp³-hybridized carbons (Fsp3) is 0.286. The number of hydrogen-bond donors (Lipinski definition) is 2. The Labute approximate surface area is 169 Å². The smallest absolute Gasteiger partial charge is 0.231 e. The Bertz CT molecular complexity index is 956. The van der Waals surface area contributed by atoms with Gasteiger partial charge in [0.05, 0.1) is 26.7 Å². The Morgan fingerprint density at radius 1 is 1.14 bits per heavy atom. The van der Waals surface area contributed by atoms with Crippen molar-refractivity contribution in [2.45, 2.75) is 19.4 Å². The minimum Gasteiger partial charge on any atom is -0.493 e. The zero-order valence-corrected chi connectivity index (χ0v) is 16.8. The van der Waals surface area contributed by atoms with Crippen LogP contribution in [-0.4, -0.2) is 36.9 Å². The molecule has 0 spiro atoms. The minimum absolute atomic E-state index is 0.0187. The third kappa shape index (κ3) is 5.25. The lowest BCUT2D eigenvalue weighted by molar-refractivity contribution is 0.354. The van der Waals surface area contributed by atoms with Crippen molar-refractivity contribution in [3.63, 3.8) is 0 Å². The van der Waals surface area contributed by atoms with E-state index in [1.807, 2.05) is 55.5 Å². The third-order valence-corrected chi connectivity index (χ3v) is 4.36. The number of methoxy groups -OCH3 is 2. The molecule has 0 amide bonds. The average molecular weight is 395 g/mol. The van der Waals surface area contributed by atoms with E-state index in [9.17, 15) is 0 Å². The molecular formula is C21H25N5O3. The highest BCUT2D eigenvalue weighted by molar-refractivity contribution is 5.77. The minimum atomic E-state index is -0.0187. The van der Waals surface area contributed by atoms with Crippen LogP contribution in [0.3, 0.4) is 0 Å². The lowest BCUT2D eigenvalue weighted by Crippen LogP contribution is -2.34. The highest BCUT2D eigenvalue weighted by atomic mass is 16.5. The summed E-state index contributed by atoms with van der Waals surface area (Å²) < 4.78 is 15.9. The van der Waals surface area contributed by atoms with Gasteiger partial charge < -0.3 is 25.0 Å². The van der Waals surface area contributed by atoms with Crippen molar-refractivity contribution >= 4 is 5.96 Å². The van der Waals surface area contributed by atoms with E-state index in [1.165, 1.54) is 0 Å². The first kappa shape index (κ1) is 20.2. The van der Waals surface area contributed by atoms with Crippen molar-refractivity contribution in [2.24, 2.45) is 10.7 Å². The first-order chi connectivity index (χ1) is 14.1. The van der Waals surface area contributed by atoms with Crippen molar-refractivity contribution in [1.82, 2.24) is 15.5 Å². The zero-order chi connectivity index (χ0) is 20.6. The Hall–Kier alpha value is -3.55. The molecule has 152 valence electrons. The number of nitrogens with one attached hydrogen (secondary N) is 1. The van der Waals surface area contributed by atoms with Crippen LogP contribution in [0.25, 0.3) is 11.4 Å². The van der Waals surface area contributed by atoms with Crippen LogP contribution < -0.4 is 20.5 Å². The number of aliphatic imine (C=N–C) groups is 1. The van der Waals surface area contributed by atoms with Crippen molar-refractivity contribution < 1.29 is 14.0 Å². The maximum atomic E-state index is 5.99. The molecule has 1 aromatic heterocycles. The molecule has 0 aliphatic rings. The Balaban J connectivity index is 1.55. The third-order valence-electron chi connectivity index (χ3n) is 4.36. The summed E-state index contributed by atoms with van der Waals surface area (Å²) in [5.74, 6) is 2.77. The van der Waals surface area contributed by atoms with Crippen LogP contribution in [0.4, 0.5) is 0 Å². The highest BCUT2D eigenvalue weighted by Crippen LogP contribution is 2.27. The van der Waals surface area contributed by atoms with E-state index in [4.69, 9.17) is 19.7 Å². The summed E-state index contributed by atoms with van der Waals surface area (Å²) in [7, 11) is 3.20. The molecule has 0 saturated carbocycles. The van der Waals surface area contributed by atoms with Crippen LogP contribution >= 0.6 is 0 Å². The predicted molar refractivity (Wildman–Crippen MR) is 111 cm³/mol. The first-order valence-corrected chi connectivity index (χ1v) is 9.24. The van der Waals surface area contributed by atoms with Crippen molar-refractivity contribution in [1.29, 1.82) is 0 Å². The van der Waals surface area contributed by atoms with E-state index in [0.717, 1.165) is 11.1 Å². The molecule has 2 aromatic carbocycles. The number of rotatable bonds is 8. The number of guanidine groups is 1. The van der Waals surface area contributed by atoms with E-state index in [0.29, 0.717) is 42.3 Å². The van der Waals surface area contributed by atoms with Gasteiger partial charge in [-0.05, 0) is 17.7 Å². The molecule has 0 radical (unpaired) electrons. The Morgan fingerprint density at radius 2 is 1.90 bits per heavy atom. The summed E-state index contributed by atoms with van der Waals surface area (Å²) in [4.78, 5) is 8.83. The van der Waals surface area contributed by atoms with E-state index in [-0.39, 0.29) is 5.92 Å². The number of ether oxygens (including phenoxy) is 2. The molecule has 1 atom stereocenters. The SMILES string of the molecule is COc1ccc(CN=C(N)NCC(C)c2nc(-c3ccccc3)no2)cc1OC. The zero-order valence-electron chi connectivity index (χ0n) is 16.8. The second kappa shape index (κ2) is 9.59. The molecule has 3 aromatic rings. The van der Waals surface area contributed by atoms with Gasteiger partial charge in [-0.25, -0.2) is 4.99 Å². The van der Waals surface area contributed by atoms with Crippen LogP contribution in [0, 0.1) is 0 Å². The molecule has 8 nitrogen and oxygen atoms in total. The summed E-state index contributed by atoms with van der Waals surface area (Å²) in [5.41, 5.74) is 7.87. The summed E-state index contributed by atoms with van der Waals surface area (Å²) in [6.07, 6.45) is 0. The van der Waals surface area contributed by atoms with Gasteiger partial charge in [0.1, 0.15) is 0 Å². The topological polar surface area (TPSA) is 108 Å². The largest absolute Gasteiger partial charge is 0.493 e. The molecule has 0 fully saturated rings. The number of hydrogen-bond acceptors (Lipinski definition) is 6. The highest BCUT2D eigenvalue weighted by Gasteiger charge is 2.15. The van der Waals surface area contributed by atoms with Gasteiger partial charge in [-0.3, -0.25) is 0 Å². The van der Waals surface area contributed by atoms with Crippen LogP contribution in [0.2, 0.25) is 0 Å². The van der Waals surface area contributed by atoms with Crippen LogP contribution in [0.1, 0.15) is 24.3 Å². The van der Waals surface area contributed by atoms with Crippen molar-refractivity contribution in [2.75, 3.05) is 20.8 Å². The summed E-state index contributed by atoms with van der Waals surface area (Å²) in [6.45, 7) is 2.93. The van der Waals surface area contributed by atoms with Gasteiger partial charge >= 0.3 is 0 Å². The molecule has 0 saturated heterocycles. The molecule has 0 bridgehead atoms. The number of nitrogens with two attached hydrogens (primary N) is 1. The fourth-order valence-corrected chi connectivity index (χ4v) is 2.70. The van der Waals surface area contributed by atoms with Gasteiger partial charge in [-0.1, -0.05) is 48.5 Å². The molecule has 0 aliphatic heterocycles. The normalized spacial score (nSPS) is 12.4. The van der Waals surface area contributed by atoms with Crippen LogP contribution in [-0.2, 0) is 6.54 Å². The van der Waals surface area contributed by atoms with Gasteiger partial charge in [-0.2, -0.15) is 4.98 Å². The standard InChI is InChI=1S/C21H25N5O3/c1-14(20-25-19(26-29-20)16-7-5-4-6-8-16)12-23-21(22)24-13-15-9-10-17(27-2)18(11-15)28-3/h4-11,14H,12-13H2,1-3H3,(H3,22,23,24). The maximum absolute atomic E-state index is 5.99. The maximum Gasteiger partial charge on any atom is 0.231 e. The van der Waals surface area contributed by atoms with Gasteiger partial charge in [0.25, 0.3) is 0 Å². The number of aromatic nitrogens is 2. The molecule has 3 N–H and O–H groups in total. The molecule has 1 heterocycles. The quantitative estimate of drug-likeness (QED) is 0.446. The van der Waals surface area contributed by atoms with Crippen LogP contribution in [0.5, 0.6) is 11.5 Å². The van der Waals surface area contributed by atoms with Crippen molar-refractivity contribution in [3.8, 4) is 22.9 Å². The lowest BCUT2D eigenvalue weighted by Gasteiger charge is -2.10. The lowest BCUT2D eigenvalue weighted by atomic mass is 10.2.